The van der Waals surface area contributed by atoms with Crippen molar-refractivity contribution in [1.82, 2.24) is 14.8 Å². The van der Waals surface area contributed by atoms with Crippen molar-refractivity contribution in [3.63, 3.8) is 0 Å². The molecule has 140 valence electrons. The third-order valence-corrected chi connectivity index (χ3v) is 4.72. The third-order valence-electron chi connectivity index (χ3n) is 4.72. The topological polar surface area (TPSA) is 49.6 Å². The van der Waals surface area contributed by atoms with E-state index in [-0.39, 0.29) is 17.4 Å². The molecule has 1 atom stereocenters. The minimum atomic E-state index is -0.699. The molecule has 0 bridgehead atoms. The fraction of sp³-hybridized carbons (Fsp3) is 0.474. The van der Waals surface area contributed by atoms with Crippen molar-refractivity contribution in [2.24, 2.45) is 5.92 Å². The zero-order valence-corrected chi connectivity index (χ0v) is 15.3. The normalized spacial score (nSPS) is 17.5. The van der Waals surface area contributed by atoms with Crippen molar-refractivity contribution in [3.8, 4) is 11.5 Å². The predicted molar refractivity (Wildman–Crippen MR) is 93.3 cm³/mol. The van der Waals surface area contributed by atoms with Crippen LogP contribution in [0.2, 0.25) is 0 Å². The number of oxazole rings is 1. The minimum Gasteiger partial charge on any atom is -0.441 e. The molecule has 0 saturated carbocycles. The molecule has 1 fully saturated rings. The lowest BCUT2D eigenvalue weighted by atomic mass is 10.1. The summed E-state index contributed by atoms with van der Waals surface area (Å²) in [6.07, 6.45) is 0.571. The van der Waals surface area contributed by atoms with E-state index in [1.54, 1.807) is 6.92 Å². The standard InChI is InChI=1S/C19H23F2N3O2/c1-4-24-10-13(7-18(24)25)9-23(3)11-17-12(2)26-19(22-17)15-6-5-14(20)8-16(15)21/h5-6,8,13H,4,7,9-11H2,1-3H3/t13-/m1/s1. The van der Waals surface area contributed by atoms with Crippen LogP contribution in [0.15, 0.2) is 22.6 Å². The number of benzene rings is 1. The maximum absolute atomic E-state index is 13.9. The number of carbonyl (C=O) groups is 1. The summed E-state index contributed by atoms with van der Waals surface area (Å²) in [6.45, 7) is 6.60. The number of carbonyl (C=O) groups excluding carboxylic acids is 1. The molecule has 0 unspecified atom stereocenters. The van der Waals surface area contributed by atoms with Crippen molar-refractivity contribution in [2.75, 3.05) is 26.7 Å². The number of aryl methyl sites for hydroxylation is 1. The van der Waals surface area contributed by atoms with E-state index in [4.69, 9.17) is 4.42 Å². The highest BCUT2D eigenvalue weighted by Crippen LogP contribution is 2.26. The summed E-state index contributed by atoms with van der Waals surface area (Å²) in [5, 5.41) is 0. The smallest absolute Gasteiger partial charge is 0.229 e. The largest absolute Gasteiger partial charge is 0.441 e. The van der Waals surface area contributed by atoms with Crippen molar-refractivity contribution in [3.05, 3.63) is 41.3 Å². The summed E-state index contributed by atoms with van der Waals surface area (Å²) in [5.41, 5.74) is 0.853. The van der Waals surface area contributed by atoms with Gasteiger partial charge < -0.3 is 14.2 Å². The van der Waals surface area contributed by atoms with Crippen LogP contribution in [-0.4, -0.2) is 47.4 Å². The molecule has 2 heterocycles. The SMILES string of the molecule is CCN1C[C@@H](CN(C)Cc2nc(-c3ccc(F)cc3F)oc2C)CC1=O. The molecule has 5 nitrogen and oxygen atoms in total. The van der Waals surface area contributed by atoms with Crippen LogP contribution in [0.5, 0.6) is 0 Å². The quantitative estimate of drug-likeness (QED) is 0.791. The molecule has 1 aromatic heterocycles. The van der Waals surface area contributed by atoms with Crippen LogP contribution >= 0.6 is 0 Å². The summed E-state index contributed by atoms with van der Waals surface area (Å²) < 4.78 is 32.6. The molecule has 0 spiro atoms. The second kappa shape index (κ2) is 7.53. The first kappa shape index (κ1) is 18.5. The summed E-state index contributed by atoms with van der Waals surface area (Å²) in [6, 6.07) is 3.32. The Morgan fingerprint density at radius 1 is 1.38 bits per heavy atom. The predicted octanol–water partition coefficient (Wildman–Crippen LogP) is 3.23. The van der Waals surface area contributed by atoms with E-state index < -0.39 is 11.6 Å². The zero-order valence-electron chi connectivity index (χ0n) is 15.3. The number of hydrogen-bond acceptors (Lipinski definition) is 4. The number of likely N-dealkylation sites (tertiary alicyclic amines) is 1. The van der Waals surface area contributed by atoms with Gasteiger partial charge in [0.25, 0.3) is 0 Å². The Balaban J connectivity index is 1.67. The van der Waals surface area contributed by atoms with E-state index in [2.05, 4.69) is 9.88 Å². The minimum absolute atomic E-state index is 0.142. The Kier molecular flexibility index (Phi) is 5.36. The Labute approximate surface area is 151 Å². The van der Waals surface area contributed by atoms with Gasteiger partial charge in [-0.1, -0.05) is 0 Å². The van der Waals surface area contributed by atoms with Gasteiger partial charge in [0.1, 0.15) is 17.4 Å². The lowest BCUT2D eigenvalue weighted by Gasteiger charge is -2.20. The molecule has 1 aliphatic heterocycles. The maximum Gasteiger partial charge on any atom is 0.229 e. The molecule has 1 amide bonds. The molecular weight excluding hydrogens is 340 g/mol. The first-order valence-corrected chi connectivity index (χ1v) is 8.75. The van der Waals surface area contributed by atoms with Gasteiger partial charge in [-0.2, -0.15) is 0 Å². The van der Waals surface area contributed by atoms with E-state index >= 15 is 0 Å². The molecule has 1 aromatic carbocycles. The highest BCUT2D eigenvalue weighted by Gasteiger charge is 2.29. The van der Waals surface area contributed by atoms with Crippen LogP contribution in [0, 0.1) is 24.5 Å². The fourth-order valence-corrected chi connectivity index (χ4v) is 3.40. The van der Waals surface area contributed by atoms with E-state index in [1.807, 2.05) is 18.9 Å². The van der Waals surface area contributed by atoms with Gasteiger partial charge >= 0.3 is 0 Å². The highest BCUT2D eigenvalue weighted by molar-refractivity contribution is 5.78. The van der Waals surface area contributed by atoms with Crippen molar-refractivity contribution in [2.45, 2.75) is 26.8 Å². The lowest BCUT2D eigenvalue weighted by molar-refractivity contribution is -0.127. The van der Waals surface area contributed by atoms with Crippen molar-refractivity contribution < 1.29 is 18.0 Å². The van der Waals surface area contributed by atoms with Gasteiger partial charge in [-0.3, -0.25) is 4.79 Å². The summed E-state index contributed by atoms with van der Waals surface area (Å²) in [7, 11) is 1.96. The van der Waals surface area contributed by atoms with Crippen molar-refractivity contribution in [1.29, 1.82) is 0 Å². The van der Waals surface area contributed by atoms with Crippen LogP contribution in [0.4, 0.5) is 8.78 Å². The Hall–Kier alpha value is -2.28. The zero-order chi connectivity index (χ0) is 18.8. The lowest BCUT2D eigenvalue weighted by Crippen LogP contribution is -2.28. The second-order valence-electron chi connectivity index (χ2n) is 6.85. The first-order valence-electron chi connectivity index (χ1n) is 8.75. The molecule has 1 aliphatic rings. The van der Waals surface area contributed by atoms with Gasteiger partial charge in [0, 0.05) is 38.7 Å². The van der Waals surface area contributed by atoms with Crippen LogP contribution in [-0.2, 0) is 11.3 Å². The molecule has 1 saturated heterocycles. The molecule has 2 aromatic rings. The highest BCUT2D eigenvalue weighted by atomic mass is 19.1. The number of aromatic nitrogens is 1. The average molecular weight is 363 g/mol. The van der Waals surface area contributed by atoms with Gasteiger partial charge in [-0.15, -0.1) is 0 Å². The molecule has 0 N–H and O–H groups in total. The van der Waals surface area contributed by atoms with Gasteiger partial charge in [0.05, 0.1) is 11.3 Å². The molecule has 3 rings (SSSR count). The molecule has 0 radical (unpaired) electrons. The monoisotopic (exact) mass is 363 g/mol. The number of rotatable bonds is 6. The average Bonchev–Trinajstić information content (AvgIpc) is 3.10. The number of nitrogens with zero attached hydrogens (tertiary/aromatic N) is 3. The van der Waals surface area contributed by atoms with E-state index in [0.717, 1.165) is 25.7 Å². The van der Waals surface area contributed by atoms with Crippen LogP contribution in [0.1, 0.15) is 24.8 Å². The van der Waals surface area contributed by atoms with Crippen LogP contribution in [0.25, 0.3) is 11.5 Å². The first-order chi connectivity index (χ1) is 12.4. The number of hydrogen-bond donors (Lipinski definition) is 0. The van der Waals surface area contributed by atoms with Gasteiger partial charge in [-0.25, -0.2) is 13.8 Å². The van der Waals surface area contributed by atoms with Crippen LogP contribution < -0.4 is 0 Å². The second-order valence-corrected chi connectivity index (χ2v) is 6.85. The van der Waals surface area contributed by atoms with E-state index in [1.165, 1.54) is 12.1 Å². The van der Waals surface area contributed by atoms with Gasteiger partial charge in [0.15, 0.2) is 0 Å². The summed E-state index contributed by atoms with van der Waals surface area (Å²) in [4.78, 5) is 20.2. The molecule has 26 heavy (non-hydrogen) atoms. The van der Waals surface area contributed by atoms with Crippen molar-refractivity contribution >= 4 is 5.91 Å². The van der Waals surface area contributed by atoms with Crippen LogP contribution in [0.3, 0.4) is 0 Å². The van der Waals surface area contributed by atoms with Gasteiger partial charge in [0.2, 0.25) is 11.8 Å². The maximum atomic E-state index is 13.9. The summed E-state index contributed by atoms with van der Waals surface area (Å²) >= 11 is 0. The van der Waals surface area contributed by atoms with E-state index in [0.29, 0.717) is 30.3 Å². The number of amides is 1. The number of halogens is 2. The Morgan fingerprint density at radius 3 is 2.81 bits per heavy atom. The Bertz CT molecular complexity index is 806. The van der Waals surface area contributed by atoms with Gasteiger partial charge in [-0.05, 0) is 38.9 Å². The fourth-order valence-electron chi connectivity index (χ4n) is 3.40. The van der Waals surface area contributed by atoms with E-state index in [9.17, 15) is 13.6 Å². The summed E-state index contributed by atoms with van der Waals surface area (Å²) in [5.74, 6) is -0.0758. The molecule has 7 heteroatoms. The molecular formula is C19H23F2N3O2. The Morgan fingerprint density at radius 2 is 2.15 bits per heavy atom. The molecule has 0 aliphatic carbocycles. The third kappa shape index (κ3) is 3.93.